The first kappa shape index (κ1) is 19.2. The van der Waals surface area contributed by atoms with E-state index >= 15 is 0 Å². The van der Waals surface area contributed by atoms with Crippen molar-refractivity contribution in [1.82, 2.24) is 9.88 Å². The van der Waals surface area contributed by atoms with Crippen molar-refractivity contribution in [2.75, 3.05) is 6.54 Å². The summed E-state index contributed by atoms with van der Waals surface area (Å²) in [5.74, 6) is 0.818. The number of rotatable bonds is 5. The van der Waals surface area contributed by atoms with Gasteiger partial charge in [-0.25, -0.2) is 0 Å². The summed E-state index contributed by atoms with van der Waals surface area (Å²) in [6, 6.07) is 23.7. The molecule has 0 radical (unpaired) electrons. The van der Waals surface area contributed by atoms with E-state index in [1.165, 1.54) is 0 Å². The van der Waals surface area contributed by atoms with Crippen molar-refractivity contribution >= 4 is 5.91 Å². The van der Waals surface area contributed by atoms with Crippen molar-refractivity contribution in [2.45, 2.75) is 38.3 Å². The Bertz CT molecular complexity index is 943. The second kappa shape index (κ2) is 8.91. The van der Waals surface area contributed by atoms with Gasteiger partial charge in [0.15, 0.2) is 0 Å². The smallest absolute Gasteiger partial charge is 0.273 e. The maximum atomic E-state index is 13.6. The molecule has 2 heterocycles. The van der Waals surface area contributed by atoms with Crippen LogP contribution < -0.4 is 4.74 Å². The van der Waals surface area contributed by atoms with Gasteiger partial charge in [-0.3, -0.25) is 9.78 Å². The first-order valence-corrected chi connectivity index (χ1v) is 10.3. The van der Waals surface area contributed by atoms with Crippen LogP contribution >= 0.6 is 0 Å². The van der Waals surface area contributed by atoms with Crippen LogP contribution in [-0.4, -0.2) is 34.5 Å². The van der Waals surface area contributed by atoms with Gasteiger partial charge in [-0.15, -0.1) is 0 Å². The SMILES string of the molecule is CC(Oc1ccccc1)C1CCCCN1C(=O)c1ncccc1-c1ccccc1. The third-order valence-corrected chi connectivity index (χ3v) is 5.51. The number of ether oxygens (including phenoxy) is 1. The highest BCUT2D eigenvalue weighted by atomic mass is 16.5. The van der Waals surface area contributed by atoms with Crippen LogP contribution in [-0.2, 0) is 0 Å². The summed E-state index contributed by atoms with van der Waals surface area (Å²) in [7, 11) is 0. The molecule has 0 spiro atoms. The van der Waals surface area contributed by atoms with Crippen molar-refractivity contribution in [1.29, 1.82) is 0 Å². The highest BCUT2D eigenvalue weighted by molar-refractivity contribution is 5.99. The van der Waals surface area contributed by atoms with Crippen molar-refractivity contribution in [3.63, 3.8) is 0 Å². The molecule has 4 heteroatoms. The fraction of sp³-hybridized carbons (Fsp3) is 0.280. The predicted molar refractivity (Wildman–Crippen MR) is 115 cm³/mol. The van der Waals surface area contributed by atoms with Gasteiger partial charge in [0.1, 0.15) is 17.5 Å². The summed E-state index contributed by atoms with van der Waals surface area (Å²) in [4.78, 5) is 20.0. The molecule has 1 amide bonds. The van der Waals surface area contributed by atoms with E-state index in [-0.39, 0.29) is 18.1 Å². The predicted octanol–water partition coefficient (Wildman–Crippen LogP) is 5.21. The Morgan fingerprint density at radius 3 is 2.48 bits per heavy atom. The standard InChI is InChI=1S/C25H26N2O2/c1-19(29-21-13-6-3-7-14-21)23-16-8-9-18-27(23)25(28)24-22(15-10-17-26-24)20-11-4-2-5-12-20/h2-7,10-15,17,19,23H,8-9,16,18H2,1H3. The maximum absolute atomic E-state index is 13.6. The Kier molecular flexibility index (Phi) is 5.89. The number of aromatic nitrogens is 1. The van der Waals surface area contributed by atoms with Crippen LogP contribution in [0.25, 0.3) is 11.1 Å². The highest BCUT2D eigenvalue weighted by Gasteiger charge is 2.34. The molecular weight excluding hydrogens is 360 g/mol. The first-order valence-electron chi connectivity index (χ1n) is 10.3. The van der Waals surface area contributed by atoms with Crippen LogP contribution in [0.4, 0.5) is 0 Å². The number of amides is 1. The van der Waals surface area contributed by atoms with E-state index < -0.39 is 0 Å². The van der Waals surface area contributed by atoms with E-state index in [2.05, 4.69) is 11.9 Å². The van der Waals surface area contributed by atoms with Crippen molar-refractivity contribution in [3.8, 4) is 16.9 Å². The lowest BCUT2D eigenvalue weighted by Gasteiger charge is -2.39. The summed E-state index contributed by atoms with van der Waals surface area (Å²) >= 11 is 0. The van der Waals surface area contributed by atoms with Gasteiger partial charge in [-0.1, -0.05) is 54.6 Å². The fourth-order valence-corrected chi connectivity index (χ4v) is 4.05. The number of likely N-dealkylation sites (tertiary alicyclic amines) is 1. The highest BCUT2D eigenvalue weighted by Crippen LogP contribution is 2.28. The van der Waals surface area contributed by atoms with Gasteiger partial charge >= 0.3 is 0 Å². The van der Waals surface area contributed by atoms with E-state index in [0.29, 0.717) is 5.69 Å². The lowest BCUT2D eigenvalue weighted by atomic mass is 9.96. The summed E-state index contributed by atoms with van der Waals surface area (Å²) < 4.78 is 6.17. The molecule has 1 aliphatic rings. The second-order valence-electron chi connectivity index (χ2n) is 7.46. The molecule has 0 N–H and O–H groups in total. The molecule has 1 aromatic heterocycles. The van der Waals surface area contributed by atoms with E-state index in [4.69, 9.17) is 4.74 Å². The first-order chi connectivity index (χ1) is 14.2. The van der Waals surface area contributed by atoms with Crippen LogP contribution in [0.2, 0.25) is 0 Å². The number of hydrogen-bond acceptors (Lipinski definition) is 3. The molecule has 2 aromatic carbocycles. The second-order valence-corrected chi connectivity index (χ2v) is 7.46. The van der Waals surface area contributed by atoms with Gasteiger partial charge in [-0.2, -0.15) is 0 Å². The minimum atomic E-state index is -0.0921. The Balaban J connectivity index is 1.60. The summed E-state index contributed by atoms with van der Waals surface area (Å²) in [6.07, 6.45) is 4.65. The normalized spacial score (nSPS) is 17.6. The third-order valence-electron chi connectivity index (χ3n) is 5.51. The Morgan fingerprint density at radius 2 is 1.72 bits per heavy atom. The van der Waals surface area contributed by atoms with E-state index in [0.717, 1.165) is 42.7 Å². The lowest BCUT2D eigenvalue weighted by molar-refractivity contribution is 0.0349. The van der Waals surface area contributed by atoms with Crippen LogP contribution in [0.15, 0.2) is 79.0 Å². The van der Waals surface area contributed by atoms with Crippen molar-refractivity contribution < 1.29 is 9.53 Å². The molecule has 1 fully saturated rings. The Morgan fingerprint density at radius 1 is 1.00 bits per heavy atom. The van der Waals surface area contributed by atoms with Gasteiger partial charge in [0.2, 0.25) is 0 Å². The molecule has 4 rings (SSSR count). The molecule has 29 heavy (non-hydrogen) atoms. The number of pyridine rings is 1. The number of hydrogen-bond donors (Lipinski definition) is 0. The van der Waals surface area contributed by atoms with Gasteiger partial charge in [0.25, 0.3) is 5.91 Å². The molecule has 0 aliphatic carbocycles. The molecule has 148 valence electrons. The van der Waals surface area contributed by atoms with Crippen LogP contribution in [0.5, 0.6) is 5.75 Å². The van der Waals surface area contributed by atoms with E-state index in [1.807, 2.05) is 77.7 Å². The number of nitrogens with zero attached hydrogens (tertiary/aromatic N) is 2. The number of benzene rings is 2. The zero-order valence-electron chi connectivity index (χ0n) is 16.7. The lowest BCUT2D eigenvalue weighted by Crippen LogP contribution is -2.50. The number of piperidine rings is 1. The van der Waals surface area contributed by atoms with Crippen molar-refractivity contribution in [3.05, 3.63) is 84.7 Å². The van der Waals surface area contributed by atoms with Crippen LogP contribution in [0.3, 0.4) is 0 Å². The zero-order chi connectivity index (χ0) is 20.1. The fourth-order valence-electron chi connectivity index (χ4n) is 4.05. The third kappa shape index (κ3) is 4.32. The summed E-state index contributed by atoms with van der Waals surface area (Å²) in [5, 5.41) is 0. The number of carbonyl (C=O) groups is 1. The summed E-state index contributed by atoms with van der Waals surface area (Å²) in [6.45, 7) is 2.79. The summed E-state index contributed by atoms with van der Waals surface area (Å²) in [5.41, 5.74) is 2.39. The van der Waals surface area contributed by atoms with Gasteiger partial charge < -0.3 is 9.64 Å². The van der Waals surface area contributed by atoms with Crippen molar-refractivity contribution in [2.24, 2.45) is 0 Å². The molecule has 0 saturated carbocycles. The van der Waals surface area contributed by atoms with Gasteiger partial charge in [0.05, 0.1) is 6.04 Å². The van der Waals surface area contributed by atoms with Crippen LogP contribution in [0.1, 0.15) is 36.7 Å². The maximum Gasteiger partial charge on any atom is 0.273 e. The quantitative estimate of drug-likeness (QED) is 0.604. The number of para-hydroxylation sites is 1. The van der Waals surface area contributed by atoms with Gasteiger partial charge in [-0.05, 0) is 49.9 Å². The average molecular weight is 386 g/mol. The van der Waals surface area contributed by atoms with Gasteiger partial charge in [0, 0.05) is 18.3 Å². The Labute approximate surface area is 172 Å². The molecule has 0 bridgehead atoms. The Hall–Kier alpha value is -3.14. The molecule has 2 unspecified atom stereocenters. The molecule has 2 atom stereocenters. The molecule has 3 aromatic rings. The largest absolute Gasteiger partial charge is 0.489 e. The van der Waals surface area contributed by atoms with E-state index in [1.54, 1.807) is 6.20 Å². The minimum Gasteiger partial charge on any atom is -0.489 e. The zero-order valence-corrected chi connectivity index (χ0v) is 16.7. The molecule has 1 aliphatic heterocycles. The topological polar surface area (TPSA) is 42.4 Å². The monoisotopic (exact) mass is 386 g/mol. The average Bonchev–Trinajstić information content (AvgIpc) is 2.80. The molecular formula is C25H26N2O2. The number of carbonyl (C=O) groups excluding carboxylic acids is 1. The molecule has 4 nitrogen and oxygen atoms in total. The molecule has 1 saturated heterocycles. The van der Waals surface area contributed by atoms with E-state index in [9.17, 15) is 4.79 Å². The minimum absolute atomic E-state index is 0.0161. The van der Waals surface area contributed by atoms with Crippen LogP contribution in [0, 0.1) is 0 Å².